The highest BCUT2D eigenvalue weighted by molar-refractivity contribution is 6.74. The first kappa shape index (κ1) is 46.7. The minimum atomic E-state index is -2.45. The first-order valence-electron chi connectivity index (χ1n) is 21.0. The number of pyridine rings is 1. The number of hydrogen-bond donors (Lipinski definition) is 0. The molecule has 1 saturated heterocycles. The molecule has 2 amide bonds. The second kappa shape index (κ2) is 17.8. The molecule has 6 rings (SSSR count). The second-order valence-corrected chi connectivity index (χ2v) is 24.4. The summed E-state index contributed by atoms with van der Waals surface area (Å²) >= 11 is 6.76. The Morgan fingerprint density at radius 3 is 1.81 bits per heavy atom. The summed E-state index contributed by atoms with van der Waals surface area (Å²) in [5.74, 6) is 0.528. The van der Waals surface area contributed by atoms with Crippen LogP contribution in [0.1, 0.15) is 92.2 Å². The van der Waals surface area contributed by atoms with Crippen LogP contribution in [0.2, 0.25) is 23.3 Å². The third-order valence-corrected chi connectivity index (χ3v) is 16.1. The Morgan fingerprint density at radius 2 is 1.32 bits per heavy atom. The number of rotatable bonds is 11. The Morgan fingerprint density at radius 1 is 0.806 bits per heavy atom. The molecule has 0 saturated carbocycles. The van der Waals surface area contributed by atoms with Crippen molar-refractivity contribution in [3.63, 3.8) is 0 Å². The Labute approximate surface area is 371 Å². The van der Waals surface area contributed by atoms with Gasteiger partial charge in [0.05, 0.1) is 37.9 Å². The van der Waals surface area contributed by atoms with Gasteiger partial charge in [-0.2, -0.15) is 4.90 Å². The zero-order valence-corrected chi connectivity index (χ0v) is 39.9. The predicted molar refractivity (Wildman–Crippen MR) is 244 cm³/mol. The van der Waals surface area contributed by atoms with E-state index in [4.69, 9.17) is 49.7 Å². The van der Waals surface area contributed by atoms with Gasteiger partial charge < -0.3 is 28.1 Å². The van der Waals surface area contributed by atoms with Crippen LogP contribution in [0.3, 0.4) is 0 Å². The van der Waals surface area contributed by atoms with Gasteiger partial charge in [0.15, 0.2) is 20.2 Å². The molecule has 0 radical (unpaired) electrons. The highest BCUT2D eigenvalue weighted by atomic mass is 35.5. The minimum Gasteiger partial charge on any atom is -0.497 e. The number of ether oxygens (including phenoxy) is 5. The number of imidazole rings is 1. The molecule has 2 aromatic heterocycles. The van der Waals surface area contributed by atoms with Crippen molar-refractivity contribution in [2.24, 2.45) is 5.92 Å². The lowest BCUT2D eigenvalue weighted by Crippen LogP contribution is -2.47. The first-order chi connectivity index (χ1) is 29.0. The molecule has 0 N–H and O–H groups in total. The van der Waals surface area contributed by atoms with Crippen LogP contribution in [0.5, 0.6) is 5.75 Å². The van der Waals surface area contributed by atoms with Gasteiger partial charge in [-0.1, -0.05) is 112 Å². The van der Waals surface area contributed by atoms with Gasteiger partial charge in [-0.05, 0) is 88.5 Å². The van der Waals surface area contributed by atoms with Crippen molar-refractivity contribution in [3.8, 4) is 5.75 Å². The molecule has 1 aliphatic rings. The standard InChI is InChI=1S/C48H61ClN4O8Si/c1-31-37(29-57-48(32-20-16-14-17-21-32,33-22-18-15-19-23-33)34-24-26-35(56-11)27-25-34)58-42(40(31)61-62(12,13)47(8,9)10)52-30-50-39-36(28-38(49)51-41(39)52)53(43(54)59-45(2,3)4)44(55)60-46(5,6)7/h14-28,30-31,37,40,42H,29H2,1-13H3/t31-,37+,40+,42+/m0/s1. The van der Waals surface area contributed by atoms with Gasteiger partial charge in [0, 0.05) is 12.0 Å². The Kier molecular flexibility index (Phi) is 13.4. The number of imide groups is 1. The summed E-state index contributed by atoms with van der Waals surface area (Å²) in [6.07, 6.45) is -2.08. The lowest BCUT2D eigenvalue weighted by Gasteiger charge is -2.40. The summed E-state index contributed by atoms with van der Waals surface area (Å²) in [6, 6.07) is 29.7. The van der Waals surface area contributed by atoms with Crippen molar-refractivity contribution in [2.45, 2.75) is 123 Å². The number of fused-ring (bicyclic) bond motifs is 1. The lowest BCUT2D eigenvalue weighted by atomic mass is 9.80. The zero-order valence-electron chi connectivity index (χ0n) is 38.2. The molecule has 332 valence electrons. The average Bonchev–Trinajstić information content (AvgIpc) is 3.74. The summed E-state index contributed by atoms with van der Waals surface area (Å²) in [7, 11) is -0.799. The van der Waals surface area contributed by atoms with E-state index in [1.807, 2.05) is 60.7 Å². The lowest BCUT2D eigenvalue weighted by molar-refractivity contribution is -0.0870. The fraction of sp³-hybridized carbons (Fsp3) is 0.458. The number of anilines is 1. The van der Waals surface area contributed by atoms with Crippen molar-refractivity contribution in [3.05, 3.63) is 119 Å². The molecule has 0 aliphatic carbocycles. The maximum Gasteiger partial charge on any atom is 0.424 e. The number of methoxy groups -OCH3 is 1. The smallest absolute Gasteiger partial charge is 0.424 e. The van der Waals surface area contributed by atoms with Crippen LogP contribution in [0.15, 0.2) is 97.3 Å². The fourth-order valence-corrected chi connectivity index (χ4v) is 8.83. The summed E-state index contributed by atoms with van der Waals surface area (Å²) in [5, 5.41) is -0.127. The van der Waals surface area contributed by atoms with E-state index >= 15 is 0 Å². The van der Waals surface area contributed by atoms with Crippen LogP contribution in [0, 0.1) is 5.92 Å². The highest BCUT2D eigenvalue weighted by Gasteiger charge is 2.51. The van der Waals surface area contributed by atoms with Gasteiger partial charge in [0.25, 0.3) is 0 Å². The molecule has 1 fully saturated rings. The molecule has 14 heteroatoms. The van der Waals surface area contributed by atoms with Crippen molar-refractivity contribution in [2.75, 3.05) is 18.6 Å². The van der Waals surface area contributed by atoms with Crippen LogP contribution < -0.4 is 9.64 Å². The molecule has 1 aliphatic heterocycles. The molecule has 0 bridgehead atoms. The summed E-state index contributed by atoms with van der Waals surface area (Å²) in [4.78, 5) is 37.9. The maximum absolute atomic E-state index is 13.8. The number of carbonyl (C=O) groups excluding carboxylic acids is 2. The quantitative estimate of drug-likeness (QED) is 0.0719. The molecule has 4 atom stereocenters. The maximum atomic E-state index is 13.8. The number of amides is 2. The molecule has 12 nitrogen and oxygen atoms in total. The Bertz CT molecular complexity index is 2270. The van der Waals surface area contributed by atoms with Gasteiger partial charge in [0.2, 0.25) is 0 Å². The van der Waals surface area contributed by atoms with E-state index in [9.17, 15) is 9.59 Å². The van der Waals surface area contributed by atoms with Crippen LogP contribution in [0.4, 0.5) is 15.3 Å². The largest absolute Gasteiger partial charge is 0.497 e. The van der Waals surface area contributed by atoms with Crippen molar-refractivity contribution in [1.29, 1.82) is 0 Å². The number of carbonyl (C=O) groups is 2. The third-order valence-electron chi connectivity index (χ3n) is 11.4. The van der Waals surface area contributed by atoms with Crippen LogP contribution >= 0.6 is 11.6 Å². The summed E-state index contributed by atoms with van der Waals surface area (Å²) in [5.41, 5.74) is 0.426. The summed E-state index contributed by atoms with van der Waals surface area (Å²) in [6.45, 7) is 23.6. The monoisotopic (exact) mass is 884 g/mol. The topological polar surface area (TPSA) is 123 Å². The van der Waals surface area contributed by atoms with Crippen LogP contribution in [-0.2, 0) is 29.0 Å². The van der Waals surface area contributed by atoms with Gasteiger partial charge in [-0.3, -0.25) is 4.57 Å². The molecule has 3 heterocycles. The van der Waals surface area contributed by atoms with E-state index in [0.717, 1.165) is 27.3 Å². The van der Waals surface area contributed by atoms with Crippen molar-refractivity contribution < 1.29 is 37.7 Å². The van der Waals surface area contributed by atoms with E-state index < -0.39 is 55.7 Å². The SMILES string of the molecule is COc1ccc(C(OC[C@H]2O[C@@H](n3cnc4c(N(C(=O)OC(C)(C)C)C(=O)OC(C)(C)C)cc(Cl)nc43)[C@H](O[Si](C)(C)C(C)(C)C)[C@H]2C)(c2ccccc2)c2ccccc2)cc1. The average molecular weight is 886 g/mol. The molecule has 3 aromatic carbocycles. The van der Waals surface area contributed by atoms with E-state index in [-0.39, 0.29) is 39.6 Å². The Hall–Kier alpha value is -4.79. The molecule has 62 heavy (non-hydrogen) atoms. The van der Waals surface area contributed by atoms with Gasteiger partial charge in [0.1, 0.15) is 33.2 Å². The number of aromatic nitrogens is 3. The molecular weight excluding hydrogens is 824 g/mol. The predicted octanol–water partition coefficient (Wildman–Crippen LogP) is 11.7. The minimum absolute atomic E-state index is 0.00848. The van der Waals surface area contributed by atoms with Gasteiger partial charge in [-0.15, -0.1) is 0 Å². The van der Waals surface area contributed by atoms with Crippen LogP contribution in [-0.4, -0.2) is 72.2 Å². The number of hydrogen-bond acceptors (Lipinski definition) is 10. The van der Waals surface area contributed by atoms with Crippen LogP contribution in [0.25, 0.3) is 11.2 Å². The van der Waals surface area contributed by atoms with Gasteiger partial charge in [-0.25, -0.2) is 19.6 Å². The van der Waals surface area contributed by atoms with E-state index in [2.05, 4.69) is 65.1 Å². The zero-order chi connectivity index (χ0) is 45.4. The van der Waals surface area contributed by atoms with Gasteiger partial charge >= 0.3 is 12.2 Å². The third kappa shape index (κ3) is 9.87. The molecular formula is C48H61ClN4O8Si. The highest BCUT2D eigenvalue weighted by Crippen LogP contribution is 2.47. The number of nitrogens with zero attached hydrogens (tertiary/aromatic N) is 4. The van der Waals surface area contributed by atoms with E-state index in [1.165, 1.54) is 6.07 Å². The molecule has 5 aromatic rings. The second-order valence-electron chi connectivity index (χ2n) is 19.3. The fourth-order valence-electron chi connectivity index (χ4n) is 7.28. The number of halogens is 1. The number of benzene rings is 3. The molecule has 0 unspecified atom stereocenters. The molecule has 0 spiro atoms. The first-order valence-corrected chi connectivity index (χ1v) is 24.3. The summed E-state index contributed by atoms with van der Waals surface area (Å²) < 4.78 is 40.4. The van der Waals surface area contributed by atoms with Crippen molar-refractivity contribution in [1.82, 2.24) is 14.5 Å². The van der Waals surface area contributed by atoms with E-state index in [0.29, 0.717) is 0 Å². The van der Waals surface area contributed by atoms with Crippen molar-refractivity contribution >= 4 is 49.0 Å². The Balaban J connectivity index is 1.47. The van der Waals surface area contributed by atoms with E-state index in [1.54, 1.807) is 59.5 Å². The normalized spacial score (nSPS) is 18.7.